The van der Waals surface area contributed by atoms with Crippen LogP contribution in [0.3, 0.4) is 0 Å². The van der Waals surface area contributed by atoms with Crippen LogP contribution in [0.1, 0.15) is 12.8 Å². The maximum absolute atomic E-state index is 11.9. The third-order valence-electron chi connectivity index (χ3n) is 1.84. The summed E-state index contributed by atoms with van der Waals surface area (Å²) in [5.74, 6) is -1.22. The lowest BCUT2D eigenvalue weighted by Gasteiger charge is -2.14. The quantitative estimate of drug-likeness (QED) is 0.630. The summed E-state index contributed by atoms with van der Waals surface area (Å²) in [7, 11) is 0. The van der Waals surface area contributed by atoms with Gasteiger partial charge in [0, 0.05) is 0 Å². The summed E-state index contributed by atoms with van der Waals surface area (Å²) in [4.78, 5) is 10.2. The number of carboxylic acids is 1. The number of hydrogen-bond donors (Lipinski definition) is 2. The van der Waals surface area contributed by atoms with Crippen LogP contribution >= 0.6 is 0 Å². The Morgan fingerprint density at radius 2 is 2.00 bits per heavy atom. The lowest BCUT2D eigenvalue weighted by Crippen LogP contribution is -2.43. The summed E-state index contributed by atoms with van der Waals surface area (Å²) in [5.41, 5.74) is 0. The minimum atomic E-state index is -4.33. The molecular weight excluding hydrogens is 175 g/mol. The van der Waals surface area contributed by atoms with Crippen LogP contribution in [0.2, 0.25) is 0 Å². The van der Waals surface area contributed by atoms with Crippen molar-refractivity contribution < 1.29 is 23.1 Å². The SMILES string of the molecule is O=C(O)[C@@H]1CC[C@H](C(F)(F)F)N1. The zero-order chi connectivity index (χ0) is 9.35. The Hall–Kier alpha value is -0.780. The van der Waals surface area contributed by atoms with Crippen LogP contribution in [-0.4, -0.2) is 29.3 Å². The van der Waals surface area contributed by atoms with Crippen molar-refractivity contribution >= 4 is 5.97 Å². The van der Waals surface area contributed by atoms with Gasteiger partial charge in [-0.05, 0) is 12.8 Å². The van der Waals surface area contributed by atoms with Gasteiger partial charge in [0.25, 0.3) is 0 Å². The van der Waals surface area contributed by atoms with Gasteiger partial charge in [0.2, 0.25) is 0 Å². The monoisotopic (exact) mass is 183 g/mol. The first-order chi connectivity index (χ1) is 5.41. The second kappa shape index (κ2) is 2.93. The molecule has 70 valence electrons. The molecule has 0 unspecified atom stereocenters. The number of halogens is 3. The van der Waals surface area contributed by atoms with Crippen LogP contribution in [0.15, 0.2) is 0 Å². The van der Waals surface area contributed by atoms with E-state index in [4.69, 9.17) is 5.11 Å². The largest absolute Gasteiger partial charge is 0.480 e. The first-order valence-electron chi connectivity index (χ1n) is 3.47. The van der Waals surface area contributed by atoms with E-state index in [-0.39, 0.29) is 12.8 Å². The number of alkyl halides is 3. The fraction of sp³-hybridized carbons (Fsp3) is 0.833. The summed E-state index contributed by atoms with van der Waals surface area (Å²) in [5, 5.41) is 10.4. The highest BCUT2D eigenvalue weighted by Crippen LogP contribution is 2.28. The number of nitrogens with one attached hydrogen (secondary N) is 1. The molecule has 3 nitrogen and oxygen atoms in total. The van der Waals surface area contributed by atoms with Gasteiger partial charge >= 0.3 is 12.1 Å². The van der Waals surface area contributed by atoms with Crippen molar-refractivity contribution in [2.45, 2.75) is 31.1 Å². The third kappa shape index (κ3) is 1.88. The van der Waals surface area contributed by atoms with E-state index >= 15 is 0 Å². The Morgan fingerprint density at radius 3 is 2.25 bits per heavy atom. The molecule has 0 saturated carbocycles. The molecule has 0 aromatic rings. The highest BCUT2D eigenvalue weighted by molar-refractivity contribution is 5.73. The van der Waals surface area contributed by atoms with E-state index in [0.717, 1.165) is 0 Å². The van der Waals surface area contributed by atoms with E-state index in [1.165, 1.54) is 0 Å². The molecule has 1 aliphatic heterocycles. The second-order valence-electron chi connectivity index (χ2n) is 2.73. The van der Waals surface area contributed by atoms with Crippen LogP contribution in [0, 0.1) is 0 Å². The second-order valence-corrected chi connectivity index (χ2v) is 2.73. The molecule has 1 fully saturated rings. The highest BCUT2D eigenvalue weighted by Gasteiger charge is 2.45. The molecule has 0 aromatic carbocycles. The first kappa shape index (κ1) is 9.31. The fourth-order valence-electron chi connectivity index (χ4n) is 1.20. The molecule has 1 rings (SSSR count). The summed E-state index contributed by atoms with van der Waals surface area (Å²) < 4.78 is 35.8. The molecule has 0 bridgehead atoms. The molecule has 0 amide bonds. The molecule has 0 aromatic heterocycles. The number of aliphatic carboxylic acids is 1. The number of hydrogen-bond acceptors (Lipinski definition) is 2. The Morgan fingerprint density at radius 1 is 1.42 bits per heavy atom. The van der Waals surface area contributed by atoms with Crippen molar-refractivity contribution in [3.8, 4) is 0 Å². The van der Waals surface area contributed by atoms with Crippen LogP contribution in [0.5, 0.6) is 0 Å². The highest BCUT2D eigenvalue weighted by atomic mass is 19.4. The molecule has 0 aliphatic carbocycles. The lowest BCUT2D eigenvalue weighted by atomic mass is 10.2. The number of carbonyl (C=O) groups is 1. The van der Waals surface area contributed by atoms with Crippen molar-refractivity contribution in [3.05, 3.63) is 0 Å². The van der Waals surface area contributed by atoms with Crippen LogP contribution < -0.4 is 5.32 Å². The van der Waals surface area contributed by atoms with E-state index in [1.807, 2.05) is 5.32 Å². The molecular formula is C6H8F3NO2. The Labute approximate surface area is 66.6 Å². The average molecular weight is 183 g/mol. The predicted octanol–water partition coefficient (Wildman–Crippen LogP) is 0.754. The van der Waals surface area contributed by atoms with Gasteiger partial charge in [-0.25, -0.2) is 0 Å². The van der Waals surface area contributed by atoms with Gasteiger partial charge in [-0.3, -0.25) is 10.1 Å². The van der Waals surface area contributed by atoms with Gasteiger partial charge in [0.1, 0.15) is 12.1 Å². The molecule has 1 heterocycles. The molecule has 2 N–H and O–H groups in total. The van der Waals surface area contributed by atoms with E-state index in [2.05, 4.69) is 0 Å². The first-order valence-corrected chi connectivity index (χ1v) is 3.47. The van der Waals surface area contributed by atoms with Gasteiger partial charge in [0.05, 0.1) is 0 Å². The maximum Gasteiger partial charge on any atom is 0.403 e. The van der Waals surface area contributed by atoms with Crippen molar-refractivity contribution in [2.75, 3.05) is 0 Å². The topological polar surface area (TPSA) is 49.3 Å². The molecule has 6 heteroatoms. The summed E-state index contributed by atoms with van der Waals surface area (Å²) >= 11 is 0. The summed E-state index contributed by atoms with van der Waals surface area (Å²) in [6.07, 6.45) is -4.44. The Balaban J connectivity index is 2.51. The van der Waals surface area contributed by atoms with Gasteiger partial charge < -0.3 is 5.11 Å². The van der Waals surface area contributed by atoms with Gasteiger partial charge in [-0.2, -0.15) is 13.2 Å². The summed E-state index contributed by atoms with van der Waals surface area (Å²) in [6, 6.07) is -2.70. The number of rotatable bonds is 1. The van der Waals surface area contributed by atoms with Gasteiger partial charge in [0.15, 0.2) is 0 Å². The van der Waals surface area contributed by atoms with Crippen molar-refractivity contribution in [2.24, 2.45) is 0 Å². The standard InChI is InChI=1S/C6H8F3NO2/c7-6(8,9)4-2-1-3(10-4)5(11)12/h3-4,10H,1-2H2,(H,11,12)/t3-,4+/m0/s1. The third-order valence-corrected chi connectivity index (χ3v) is 1.84. The van der Waals surface area contributed by atoms with Gasteiger partial charge in [-0.1, -0.05) is 0 Å². The molecule has 12 heavy (non-hydrogen) atoms. The maximum atomic E-state index is 11.9. The minimum Gasteiger partial charge on any atom is -0.480 e. The lowest BCUT2D eigenvalue weighted by molar-refractivity contribution is -0.154. The Kier molecular flexibility index (Phi) is 2.27. The predicted molar refractivity (Wildman–Crippen MR) is 33.6 cm³/mol. The molecule has 1 aliphatic rings. The average Bonchev–Trinajstić information content (AvgIpc) is 2.30. The van der Waals surface area contributed by atoms with E-state index < -0.39 is 24.2 Å². The number of carboxylic acid groups (broad SMARTS) is 1. The molecule has 0 radical (unpaired) electrons. The molecule has 0 spiro atoms. The van der Waals surface area contributed by atoms with Gasteiger partial charge in [-0.15, -0.1) is 0 Å². The summed E-state index contributed by atoms with van der Waals surface area (Å²) in [6.45, 7) is 0. The molecule has 1 saturated heterocycles. The van der Waals surface area contributed by atoms with Crippen LogP contribution in [0.4, 0.5) is 13.2 Å². The smallest absolute Gasteiger partial charge is 0.403 e. The normalized spacial score (nSPS) is 30.6. The minimum absolute atomic E-state index is 0.0412. The van der Waals surface area contributed by atoms with E-state index in [9.17, 15) is 18.0 Å². The Bertz CT molecular complexity index is 192. The van der Waals surface area contributed by atoms with E-state index in [1.54, 1.807) is 0 Å². The van der Waals surface area contributed by atoms with Crippen LogP contribution in [0.25, 0.3) is 0 Å². The zero-order valence-corrected chi connectivity index (χ0v) is 6.06. The van der Waals surface area contributed by atoms with Crippen molar-refractivity contribution in [1.82, 2.24) is 5.32 Å². The molecule has 2 atom stereocenters. The fourth-order valence-corrected chi connectivity index (χ4v) is 1.20. The van der Waals surface area contributed by atoms with Crippen molar-refractivity contribution in [1.29, 1.82) is 0 Å². The van der Waals surface area contributed by atoms with E-state index in [0.29, 0.717) is 0 Å². The van der Waals surface area contributed by atoms with Crippen molar-refractivity contribution in [3.63, 3.8) is 0 Å². The zero-order valence-electron chi connectivity index (χ0n) is 6.06. The van der Waals surface area contributed by atoms with Crippen LogP contribution in [-0.2, 0) is 4.79 Å².